The van der Waals surface area contributed by atoms with E-state index >= 15 is 0 Å². The Balaban J connectivity index is 0.00000341. The van der Waals surface area contributed by atoms with Gasteiger partial charge in [-0.15, -0.1) is 0 Å². The summed E-state index contributed by atoms with van der Waals surface area (Å²) in [6.07, 6.45) is 4.82. The third kappa shape index (κ3) is 7.03. The van der Waals surface area contributed by atoms with Gasteiger partial charge in [0.25, 0.3) is 5.91 Å². The number of para-hydroxylation sites is 1. The summed E-state index contributed by atoms with van der Waals surface area (Å²) < 4.78 is 34.4. The number of anilines is 2. The van der Waals surface area contributed by atoms with E-state index in [0.717, 1.165) is 10.7 Å². The zero-order chi connectivity index (χ0) is 21.7. The fraction of sp³-hybridized carbons (Fsp3) is 0.211. The maximum Gasteiger partial charge on any atom is 1.00 e. The number of fused-ring (bicyclic) bond motifs is 1. The molecule has 156 valence electrons. The number of rotatable bonds is 7. The second kappa shape index (κ2) is 11.4. The quantitative estimate of drug-likeness (QED) is 0.234. The van der Waals surface area contributed by atoms with Gasteiger partial charge in [0.15, 0.2) is 0 Å². The van der Waals surface area contributed by atoms with E-state index in [1.807, 2.05) is 17.0 Å². The molecule has 0 spiro atoms. The van der Waals surface area contributed by atoms with Crippen molar-refractivity contribution in [3.63, 3.8) is 0 Å². The van der Waals surface area contributed by atoms with Crippen LogP contribution in [0, 0.1) is 11.3 Å². The van der Waals surface area contributed by atoms with Gasteiger partial charge in [-0.05, 0) is 30.7 Å². The molecule has 1 aliphatic rings. The van der Waals surface area contributed by atoms with E-state index in [4.69, 9.17) is 0 Å². The number of aryl methyl sites for hydroxylation is 1. The number of carbonyl (C=O) groups excluding carboxylic acids is 1. The van der Waals surface area contributed by atoms with E-state index in [0.29, 0.717) is 10.7 Å². The second-order valence-electron chi connectivity index (χ2n) is 6.34. The minimum Gasteiger partial charge on any atom is -0.748 e. The first-order valence-corrected chi connectivity index (χ1v) is 11.3. The van der Waals surface area contributed by atoms with Gasteiger partial charge < -0.3 is 14.8 Å². The Hall–Kier alpha value is -1.43. The van der Waals surface area contributed by atoms with Crippen molar-refractivity contribution in [1.29, 1.82) is 5.26 Å². The van der Waals surface area contributed by atoms with Gasteiger partial charge in [0.05, 0.1) is 27.0 Å². The first-order valence-electron chi connectivity index (χ1n) is 8.88. The molecule has 1 aliphatic heterocycles. The summed E-state index contributed by atoms with van der Waals surface area (Å²) in [6, 6.07) is 10.7. The summed E-state index contributed by atoms with van der Waals surface area (Å²) >= 11 is 1.38. The van der Waals surface area contributed by atoms with Gasteiger partial charge in [-0.1, -0.05) is 30.0 Å². The van der Waals surface area contributed by atoms with E-state index in [1.54, 1.807) is 48.3 Å². The van der Waals surface area contributed by atoms with E-state index in [2.05, 4.69) is 10.4 Å². The standard InChI is InChI=1S/C19H19N5O4S2.K/c1-23-19-16(13-21-23)24(10-5-11-30(26,27)28)17(29-19)9-8-14(12-20)18(25)22-15-6-3-2-4-7-15;/h2-4,6-9,13H,5,10-11H2,1H3,(H,22,25)(H,26,27,28);/q;+1/p-1/b14-8-,17-9-;. The average Bonchev–Trinajstić information content (AvgIpc) is 3.22. The van der Waals surface area contributed by atoms with E-state index < -0.39 is 21.8 Å². The SMILES string of the molecule is Cn1ncc2c1S/C(=C\C=C(\C#N)C(=O)Nc1ccccc1)N2CCCS(=O)(=O)[O-].[K+]. The van der Waals surface area contributed by atoms with Crippen molar-refractivity contribution in [3.05, 3.63) is 59.3 Å². The summed E-state index contributed by atoms with van der Waals surface area (Å²) in [7, 11) is -2.53. The minimum atomic E-state index is -4.31. The molecule has 0 saturated heterocycles. The molecule has 2 aromatic rings. The van der Waals surface area contributed by atoms with Gasteiger partial charge in [0.2, 0.25) is 0 Å². The van der Waals surface area contributed by atoms with Crippen molar-refractivity contribution in [3.8, 4) is 6.07 Å². The topological polar surface area (TPSA) is 131 Å². The molecule has 0 bridgehead atoms. The summed E-state index contributed by atoms with van der Waals surface area (Å²) in [6.45, 7) is 0.283. The molecule has 3 rings (SSSR count). The molecular weight excluding hydrogens is 465 g/mol. The monoisotopic (exact) mass is 483 g/mol. The van der Waals surface area contributed by atoms with Crippen LogP contribution in [0.15, 0.2) is 64.3 Å². The fourth-order valence-corrected chi connectivity index (χ4v) is 4.35. The van der Waals surface area contributed by atoms with Gasteiger partial charge in [0.1, 0.15) is 16.7 Å². The van der Waals surface area contributed by atoms with Gasteiger partial charge >= 0.3 is 51.4 Å². The number of allylic oxidation sites excluding steroid dienone is 2. The van der Waals surface area contributed by atoms with Crippen LogP contribution in [-0.2, 0) is 22.0 Å². The van der Waals surface area contributed by atoms with Crippen molar-refractivity contribution in [1.82, 2.24) is 9.78 Å². The summed E-state index contributed by atoms with van der Waals surface area (Å²) in [5.74, 6) is -1.01. The van der Waals surface area contributed by atoms with Crippen LogP contribution in [0.25, 0.3) is 0 Å². The van der Waals surface area contributed by atoms with Crippen LogP contribution in [0.2, 0.25) is 0 Å². The van der Waals surface area contributed by atoms with Crippen LogP contribution in [0.5, 0.6) is 0 Å². The zero-order valence-corrected chi connectivity index (χ0v) is 21.7. The van der Waals surface area contributed by atoms with Crippen molar-refractivity contribution in [2.24, 2.45) is 7.05 Å². The molecule has 9 nitrogen and oxygen atoms in total. The number of amides is 1. The Morgan fingerprint density at radius 2 is 2.06 bits per heavy atom. The molecule has 1 amide bonds. The van der Waals surface area contributed by atoms with Crippen molar-refractivity contribution >= 4 is 39.2 Å². The second-order valence-corrected chi connectivity index (χ2v) is 8.88. The van der Waals surface area contributed by atoms with Gasteiger partial charge in [-0.25, -0.2) is 8.42 Å². The minimum absolute atomic E-state index is 0. The molecule has 31 heavy (non-hydrogen) atoms. The average molecular weight is 484 g/mol. The number of nitrogens with zero attached hydrogens (tertiary/aromatic N) is 4. The third-order valence-corrected chi connectivity index (χ3v) is 6.21. The maximum absolute atomic E-state index is 12.4. The van der Waals surface area contributed by atoms with E-state index in [1.165, 1.54) is 17.8 Å². The number of hydrogen-bond donors (Lipinski definition) is 1. The number of hydrogen-bond acceptors (Lipinski definition) is 8. The van der Waals surface area contributed by atoms with Crippen LogP contribution >= 0.6 is 11.8 Å². The van der Waals surface area contributed by atoms with Crippen LogP contribution in [0.1, 0.15) is 6.42 Å². The summed E-state index contributed by atoms with van der Waals surface area (Å²) in [4.78, 5) is 14.2. The normalized spacial score (nSPS) is 14.7. The third-order valence-electron chi connectivity index (χ3n) is 4.19. The van der Waals surface area contributed by atoms with Crippen LogP contribution in [0.3, 0.4) is 0 Å². The number of nitriles is 1. The molecule has 0 fully saturated rings. The zero-order valence-electron chi connectivity index (χ0n) is 17.0. The largest absolute Gasteiger partial charge is 1.00 e. The number of nitrogens with one attached hydrogen (secondary N) is 1. The Kier molecular flexibility index (Phi) is 9.53. The first kappa shape index (κ1) is 25.8. The fourth-order valence-electron chi connectivity index (χ4n) is 2.78. The van der Waals surface area contributed by atoms with Gasteiger partial charge in [-0.3, -0.25) is 9.48 Å². The van der Waals surface area contributed by atoms with Gasteiger partial charge in [0, 0.05) is 25.0 Å². The molecule has 0 radical (unpaired) electrons. The van der Waals surface area contributed by atoms with Gasteiger partial charge in [-0.2, -0.15) is 10.4 Å². The number of carbonyl (C=O) groups is 1. The molecule has 0 atom stereocenters. The first-order chi connectivity index (χ1) is 14.3. The molecule has 0 saturated carbocycles. The predicted molar refractivity (Wildman–Crippen MR) is 112 cm³/mol. The molecule has 1 N–H and O–H groups in total. The summed E-state index contributed by atoms with van der Waals surface area (Å²) in [5.41, 5.74) is 1.27. The van der Waals surface area contributed by atoms with Crippen molar-refractivity contribution < 1.29 is 69.1 Å². The Labute approximate surface area is 227 Å². The number of aromatic nitrogens is 2. The Morgan fingerprint density at radius 3 is 2.71 bits per heavy atom. The molecule has 0 aliphatic carbocycles. The van der Waals surface area contributed by atoms with Crippen LogP contribution < -0.4 is 61.6 Å². The molecule has 0 unspecified atom stereocenters. The molecule has 1 aromatic heterocycles. The Morgan fingerprint density at radius 1 is 1.35 bits per heavy atom. The van der Waals surface area contributed by atoms with Crippen LogP contribution in [0.4, 0.5) is 11.4 Å². The molecule has 12 heteroatoms. The molecule has 2 heterocycles. The number of thioether (sulfide) groups is 1. The van der Waals surface area contributed by atoms with Crippen LogP contribution in [-0.4, -0.2) is 41.0 Å². The Bertz CT molecular complexity index is 1150. The predicted octanol–water partition coefficient (Wildman–Crippen LogP) is -0.798. The number of benzene rings is 1. The molecular formula is C19H18KN5O4S2. The summed E-state index contributed by atoms with van der Waals surface area (Å²) in [5, 5.41) is 17.8. The van der Waals surface area contributed by atoms with E-state index in [9.17, 15) is 23.0 Å². The van der Waals surface area contributed by atoms with E-state index in [-0.39, 0.29) is 69.9 Å². The smallest absolute Gasteiger partial charge is 0.748 e. The maximum atomic E-state index is 12.4. The molecule has 1 aromatic carbocycles. The van der Waals surface area contributed by atoms with Crippen molar-refractivity contribution in [2.45, 2.75) is 11.4 Å². The van der Waals surface area contributed by atoms with Crippen molar-refractivity contribution in [2.75, 3.05) is 22.5 Å².